The van der Waals surface area contributed by atoms with Crippen LogP contribution in [0.5, 0.6) is 0 Å². The number of hydrogen-bond acceptors (Lipinski definition) is 0. The van der Waals surface area contributed by atoms with Gasteiger partial charge in [-0.25, -0.2) is 0 Å². The monoisotopic (exact) mass is 282 g/mol. The Hall–Kier alpha value is 0.700. The molecule has 0 aliphatic carbocycles. The van der Waals surface area contributed by atoms with Gasteiger partial charge in [0.1, 0.15) is 0 Å². The number of halogens is 2. The Balaban J connectivity index is 3.75. The molecular formula is C9H16Br2. The zero-order valence-corrected chi connectivity index (χ0v) is 10.6. The maximum Gasteiger partial charge on any atom is 0.0330 e. The molecule has 1 atom stereocenters. The van der Waals surface area contributed by atoms with E-state index >= 15 is 0 Å². The quantitative estimate of drug-likeness (QED) is 0.537. The molecule has 2 heteroatoms. The first-order chi connectivity index (χ1) is 5.06. The third-order valence-corrected chi connectivity index (χ3v) is 2.90. The number of alkyl halides is 2. The minimum atomic E-state index is 0.542. The minimum Gasteiger partial charge on any atom is -0.0880 e. The van der Waals surface area contributed by atoms with Gasteiger partial charge >= 0.3 is 0 Å². The van der Waals surface area contributed by atoms with E-state index in [1.54, 1.807) is 0 Å². The third kappa shape index (κ3) is 7.07. The van der Waals surface area contributed by atoms with Gasteiger partial charge in [0.15, 0.2) is 0 Å². The predicted molar refractivity (Wildman–Crippen MR) is 59.7 cm³/mol. The first-order valence-electron chi connectivity index (χ1n) is 3.93. The van der Waals surface area contributed by atoms with Crippen LogP contribution in [0.3, 0.4) is 0 Å². The summed E-state index contributed by atoms with van der Waals surface area (Å²) in [5.41, 5.74) is 1.40. The van der Waals surface area contributed by atoms with E-state index in [4.69, 9.17) is 0 Å². The van der Waals surface area contributed by atoms with E-state index in [-0.39, 0.29) is 0 Å². The molecule has 0 nitrogen and oxygen atoms in total. The summed E-state index contributed by atoms with van der Waals surface area (Å²) < 4.78 is 0. The molecule has 0 aromatic carbocycles. The second-order valence-electron chi connectivity index (χ2n) is 3.29. The highest BCUT2D eigenvalue weighted by molar-refractivity contribution is 9.09. The van der Waals surface area contributed by atoms with Crippen molar-refractivity contribution in [3.8, 4) is 0 Å². The fraction of sp³-hybridized carbons (Fsp3) is 0.778. The molecule has 66 valence electrons. The van der Waals surface area contributed by atoms with Crippen molar-refractivity contribution in [3.05, 3.63) is 11.6 Å². The Morgan fingerprint density at radius 1 is 1.45 bits per heavy atom. The molecule has 0 fully saturated rings. The average Bonchev–Trinajstić information content (AvgIpc) is 1.85. The van der Waals surface area contributed by atoms with Crippen LogP contribution in [0.25, 0.3) is 0 Å². The van der Waals surface area contributed by atoms with Crippen LogP contribution >= 0.6 is 31.9 Å². The average molecular weight is 284 g/mol. The molecular weight excluding hydrogens is 268 g/mol. The van der Waals surface area contributed by atoms with Crippen molar-refractivity contribution < 1.29 is 0 Å². The molecule has 0 aliphatic heterocycles. The third-order valence-electron chi connectivity index (χ3n) is 1.37. The van der Waals surface area contributed by atoms with Gasteiger partial charge < -0.3 is 0 Å². The second-order valence-corrected chi connectivity index (χ2v) is 5.03. The second kappa shape index (κ2) is 6.24. The molecule has 0 saturated heterocycles. The lowest BCUT2D eigenvalue weighted by molar-refractivity contribution is 0.604. The van der Waals surface area contributed by atoms with Crippen molar-refractivity contribution in [2.75, 3.05) is 5.33 Å². The van der Waals surface area contributed by atoms with Crippen LogP contribution < -0.4 is 0 Å². The lowest BCUT2D eigenvalue weighted by atomic mass is 10.1. The van der Waals surface area contributed by atoms with Crippen molar-refractivity contribution in [2.45, 2.75) is 32.0 Å². The van der Waals surface area contributed by atoms with E-state index < -0.39 is 0 Å². The molecule has 0 aromatic heterocycles. The standard InChI is InChI=1S/C9H16Br2/c1-7(2)4-9(11)5-8(3)6-10/h5,7,9H,4,6H2,1-3H3. The van der Waals surface area contributed by atoms with Gasteiger partial charge in [-0.15, -0.1) is 0 Å². The van der Waals surface area contributed by atoms with E-state index in [1.165, 1.54) is 12.0 Å². The number of allylic oxidation sites excluding steroid dienone is 2. The Morgan fingerprint density at radius 2 is 2.00 bits per heavy atom. The largest absolute Gasteiger partial charge is 0.0880 e. The number of rotatable bonds is 4. The molecule has 0 N–H and O–H groups in total. The van der Waals surface area contributed by atoms with E-state index in [2.05, 4.69) is 58.7 Å². The van der Waals surface area contributed by atoms with Gasteiger partial charge in [0.05, 0.1) is 0 Å². The van der Waals surface area contributed by atoms with Gasteiger partial charge in [-0.05, 0) is 19.3 Å². The van der Waals surface area contributed by atoms with Crippen molar-refractivity contribution in [2.24, 2.45) is 5.92 Å². The van der Waals surface area contributed by atoms with E-state index in [0.29, 0.717) is 4.83 Å². The zero-order valence-electron chi connectivity index (χ0n) is 7.40. The molecule has 0 amide bonds. The molecule has 11 heavy (non-hydrogen) atoms. The summed E-state index contributed by atoms with van der Waals surface area (Å²) in [7, 11) is 0. The van der Waals surface area contributed by atoms with Gasteiger partial charge in [-0.2, -0.15) is 0 Å². The van der Waals surface area contributed by atoms with Crippen LogP contribution in [0.2, 0.25) is 0 Å². The Kier molecular flexibility index (Phi) is 6.64. The van der Waals surface area contributed by atoms with E-state index in [9.17, 15) is 0 Å². The molecule has 1 unspecified atom stereocenters. The maximum absolute atomic E-state index is 3.62. The van der Waals surface area contributed by atoms with Crippen LogP contribution in [0.15, 0.2) is 11.6 Å². The van der Waals surface area contributed by atoms with Crippen LogP contribution in [0, 0.1) is 5.92 Å². The summed E-state index contributed by atoms with van der Waals surface area (Å²) in [4.78, 5) is 0.542. The fourth-order valence-corrected chi connectivity index (χ4v) is 2.26. The molecule has 0 aliphatic rings. The smallest absolute Gasteiger partial charge is 0.0330 e. The van der Waals surface area contributed by atoms with Gasteiger partial charge in [0.25, 0.3) is 0 Å². The van der Waals surface area contributed by atoms with Gasteiger partial charge in [-0.1, -0.05) is 57.4 Å². The topological polar surface area (TPSA) is 0 Å². The van der Waals surface area contributed by atoms with Crippen molar-refractivity contribution in [1.82, 2.24) is 0 Å². The van der Waals surface area contributed by atoms with Crippen molar-refractivity contribution >= 4 is 31.9 Å². The summed E-state index contributed by atoms with van der Waals surface area (Å²) in [6.45, 7) is 6.63. The predicted octanol–water partition coefficient (Wildman–Crippen LogP) is 4.14. The summed E-state index contributed by atoms with van der Waals surface area (Å²) in [6, 6.07) is 0. The van der Waals surface area contributed by atoms with Crippen molar-refractivity contribution in [3.63, 3.8) is 0 Å². The van der Waals surface area contributed by atoms with E-state index in [1.807, 2.05) is 0 Å². The molecule has 0 heterocycles. The van der Waals surface area contributed by atoms with Crippen LogP contribution in [-0.2, 0) is 0 Å². The highest BCUT2D eigenvalue weighted by atomic mass is 79.9. The molecule has 0 aromatic rings. The lowest BCUT2D eigenvalue weighted by Gasteiger charge is -2.08. The van der Waals surface area contributed by atoms with Crippen LogP contribution in [0.1, 0.15) is 27.2 Å². The number of hydrogen-bond donors (Lipinski definition) is 0. The Bertz CT molecular complexity index is 128. The fourth-order valence-electron chi connectivity index (χ4n) is 0.872. The summed E-state index contributed by atoms with van der Waals surface area (Å²) >= 11 is 7.04. The summed E-state index contributed by atoms with van der Waals surface area (Å²) in [6.07, 6.45) is 3.49. The van der Waals surface area contributed by atoms with Gasteiger partial charge in [0.2, 0.25) is 0 Å². The molecule has 0 spiro atoms. The summed E-state index contributed by atoms with van der Waals surface area (Å²) in [5.74, 6) is 0.763. The minimum absolute atomic E-state index is 0.542. The SMILES string of the molecule is CC(=CC(Br)CC(C)C)CBr. The highest BCUT2D eigenvalue weighted by Crippen LogP contribution is 2.16. The molecule has 0 bridgehead atoms. The first-order valence-corrected chi connectivity index (χ1v) is 5.97. The lowest BCUT2D eigenvalue weighted by Crippen LogP contribution is -2.00. The maximum atomic E-state index is 3.62. The molecule has 0 saturated carbocycles. The van der Waals surface area contributed by atoms with Crippen molar-refractivity contribution in [1.29, 1.82) is 0 Å². The Labute approximate surface area is 86.7 Å². The van der Waals surface area contributed by atoms with Gasteiger partial charge in [0, 0.05) is 10.2 Å². The van der Waals surface area contributed by atoms with Gasteiger partial charge in [-0.3, -0.25) is 0 Å². The zero-order chi connectivity index (χ0) is 8.85. The molecule has 0 rings (SSSR count). The van der Waals surface area contributed by atoms with Crippen LogP contribution in [0.4, 0.5) is 0 Å². The highest BCUT2D eigenvalue weighted by Gasteiger charge is 2.03. The van der Waals surface area contributed by atoms with Crippen LogP contribution in [-0.4, -0.2) is 10.2 Å². The first kappa shape index (κ1) is 11.7. The molecule has 0 radical (unpaired) electrons. The normalized spacial score (nSPS) is 15.6. The Morgan fingerprint density at radius 3 is 2.36 bits per heavy atom. The van der Waals surface area contributed by atoms with E-state index in [0.717, 1.165) is 11.2 Å². The summed E-state index contributed by atoms with van der Waals surface area (Å²) in [5, 5.41) is 0.979.